The Morgan fingerprint density at radius 1 is 0.864 bits per heavy atom. The third-order valence-electron chi connectivity index (χ3n) is 2.44. The molecule has 0 aromatic carbocycles. The highest BCUT2D eigenvalue weighted by molar-refractivity contribution is 7.13. The number of carbonyl (C=O) groups is 2. The van der Waals surface area contributed by atoms with Gasteiger partial charge in [-0.2, -0.15) is 10.2 Å². The second-order valence-corrected chi connectivity index (χ2v) is 6.93. The Morgan fingerprint density at radius 3 is 1.59 bits per heavy atom. The molecule has 0 aliphatic rings. The first-order valence-corrected chi connectivity index (χ1v) is 7.97. The summed E-state index contributed by atoms with van der Waals surface area (Å²) in [4.78, 5) is 27.0. The molecule has 8 heteroatoms. The summed E-state index contributed by atoms with van der Waals surface area (Å²) in [5, 5.41) is 7.44. The fourth-order valence-corrected chi connectivity index (χ4v) is 2.95. The normalized spacial score (nSPS) is 11.2. The minimum atomic E-state index is -0.871. The van der Waals surface area contributed by atoms with Crippen LogP contribution in [-0.4, -0.2) is 24.2 Å². The van der Waals surface area contributed by atoms with Gasteiger partial charge >= 0.3 is 11.8 Å². The summed E-state index contributed by atoms with van der Waals surface area (Å²) in [6, 6.07) is 7.65. The number of hydrogen-bond acceptors (Lipinski definition) is 6. The van der Waals surface area contributed by atoms with Gasteiger partial charge in [0.05, 0.1) is 12.4 Å². The van der Waals surface area contributed by atoms with E-state index in [1.165, 1.54) is 35.1 Å². The van der Waals surface area contributed by atoms with Crippen molar-refractivity contribution < 1.29 is 9.59 Å². The highest BCUT2D eigenvalue weighted by Crippen LogP contribution is 2.12. The Balaban J connectivity index is 1.78. The molecule has 0 fully saturated rings. The maximum absolute atomic E-state index is 11.5. The molecule has 114 valence electrons. The molecule has 2 heterocycles. The molecule has 6 nitrogen and oxygen atoms in total. The number of amides is 2. The van der Waals surface area contributed by atoms with Crippen LogP contribution >= 0.6 is 22.7 Å². The lowest BCUT2D eigenvalue weighted by Crippen LogP contribution is -2.35. The smallest absolute Gasteiger partial charge is 0.262 e. The number of aryl methyl sites for hydroxylation is 2. The molecule has 2 aromatic heterocycles. The van der Waals surface area contributed by atoms with E-state index in [0.29, 0.717) is 0 Å². The van der Waals surface area contributed by atoms with E-state index >= 15 is 0 Å². The number of hydrogen-bond donors (Lipinski definition) is 2. The largest absolute Gasteiger partial charge is 0.331 e. The molecule has 0 saturated heterocycles. The molecule has 2 rings (SSSR count). The molecule has 0 aliphatic heterocycles. The van der Waals surface area contributed by atoms with Crippen molar-refractivity contribution in [1.29, 1.82) is 0 Å². The number of thiophene rings is 2. The molecule has 0 aliphatic carbocycles. The molecular weight excluding hydrogens is 320 g/mol. The highest BCUT2D eigenvalue weighted by atomic mass is 32.1. The SMILES string of the molecule is Cc1ccc(C=NNC(=O)C(=O)N/N=C/c2ccc(C)s2)s1. The van der Waals surface area contributed by atoms with Crippen molar-refractivity contribution in [2.45, 2.75) is 13.8 Å². The van der Waals surface area contributed by atoms with Gasteiger partial charge in [0.25, 0.3) is 0 Å². The predicted molar refractivity (Wildman–Crippen MR) is 89.6 cm³/mol. The summed E-state index contributed by atoms with van der Waals surface area (Å²) >= 11 is 3.08. The van der Waals surface area contributed by atoms with Crippen LogP contribution in [0.5, 0.6) is 0 Å². The first kappa shape index (κ1) is 16.1. The van der Waals surface area contributed by atoms with Crippen molar-refractivity contribution in [3.63, 3.8) is 0 Å². The van der Waals surface area contributed by atoms with E-state index < -0.39 is 11.8 Å². The Hall–Kier alpha value is -2.32. The molecule has 0 saturated carbocycles. The van der Waals surface area contributed by atoms with Crippen LogP contribution in [0.2, 0.25) is 0 Å². The number of carbonyl (C=O) groups excluding carboxylic acids is 2. The van der Waals surface area contributed by atoms with Gasteiger partial charge in [-0.3, -0.25) is 9.59 Å². The molecule has 0 atom stereocenters. The van der Waals surface area contributed by atoms with Crippen molar-refractivity contribution in [3.8, 4) is 0 Å². The number of rotatable bonds is 4. The second-order valence-electron chi connectivity index (χ2n) is 4.30. The average molecular weight is 334 g/mol. The topological polar surface area (TPSA) is 82.9 Å². The van der Waals surface area contributed by atoms with Crippen molar-refractivity contribution in [1.82, 2.24) is 10.9 Å². The maximum Gasteiger partial charge on any atom is 0.331 e. The van der Waals surface area contributed by atoms with Crippen molar-refractivity contribution in [3.05, 3.63) is 43.8 Å². The van der Waals surface area contributed by atoms with Gasteiger partial charge in [-0.05, 0) is 38.1 Å². The van der Waals surface area contributed by atoms with E-state index in [1.54, 1.807) is 0 Å². The first-order chi connectivity index (χ1) is 10.5. The Labute approximate surface area is 135 Å². The van der Waals surface area contributed by atoms with E-state index in [-0.39, 0.29) is 0 Å². The fourth-order valence-electron chi connectivity index (χ4n) is 1.46. The van der Waals surface area contributed by atoms with Gasteiger partial charge in [0.2, 0.25) is 0 Å². The van der Waals surface area contributed by atoms with Crippen molar-refractivity contribution >= 4 is 46.9 Å². The van der Waals surface area contributed by atoms with Crippen LogP contribution in [0.25, 0.3) is 0 Å². The lowest BCUT2D eigenvalue weighted by Gasteiger charge is -1.97. The number of nitrogens with one attached hydrogen (secondary N) is 2. The van der Waals surface area contributed by atoms with E-state index in [0.717, 1.165) is 19.5 Å². The third kappa shape index (κ3) is 4.90. The zero-order chi connectivity index (χ0) is 15.9. The van der Waals surface area contributed by atoms with Crippen LogP contribution in [0.3, 0.4) is 0 Å². The lowest BCUT2D eigenvalue weighted by atomic mass is 10.4. The van der Waals surface area contributed by atoms with E-state index in [2.05, 4.69) is 21.1 Å². The summed E-state index contributed by atoms with van der Waals surface area (Å²) in [7, 11) is 0. The Bertz CT molecular complexity index is 669. The van der Waals surface area contributed by atoms with E-state index in [4.69, 9.17) is 0 Å². The summed E-state index contributed by atoms with van der Waals surface area (Å²) in [6.07, 6.45) is 2.97. The molecule has 22 heavy (non-hydrogen) atoms. The predicted octanol–water partition coefficient (Wildman–Crippen LogP) is 2.03. The van der Waals surface area contributed by atoms with Gasteiger partial charge in [0, 0.05) is 19.5 Å². The van der Waals surface area contributed by atoms with Crippen molar-refractivity contribution in [2.75, 3.05) is 0 Å². The fraction of sp³-hybridized carbons (Fsp3) is 0.143. The summed E-state index contributed by atoms with van der Waals surface area (Å²) < 4.78 is 0. The zero-order valence-electron chi connectivity index (χ0n) is 12.0. The van der Waals surface area contributed by atoms with Gasteiger partial charge in [-0.1, -0.05) is 0 Å². The molecular formula is C14H14N4O2S2. The van der Waals surface area contributed by atoms with Crippen molar-refractivity contribution in [2.24, 2.45) is 10.2 Å². The zero-order valence-corrected chi connectivity index (χ0v) is 13.6. The Morgan fingerprint density at radius 2 is 1.27 bits per heavy atom. The monoisotopic (exact) mass is 334 g/mol. The van der Waals surface area contributed by atoms with Crippen LogP contribution in [-0.2, 0) is 9.59 Å². The number of hydrazone groups is 2. The Kier molecular flexibility index (Phi) is 5.56. The van der Waals surface area contributed by atoms with Crippen LogP contribution < -0.4 is 10.9 Å². The van der Waals surface area contributed by atoms with Crippen LogP contribution in [0.15, 0.2) is 34.5 Å². The maximum atomic E-state index is 11.5. The third-order valence-corrected chi connectivity index (χ3v) is 4.31. The standard InChI is InChI=1S/C14H14N4O2S2/c1-9-3-5-11(21-9)7-15-17-13(19)14(20)18-16-8-12-6-4-10(2)22-12/h3-8H,1-2H3,(H,17,19)(H,18,20)/b15-7+,16-8?. The highest BCUT2D eigenvalue weighted by Gasteiger charge is 2.11. The molecule has 2 aromatic rings. The van der Waals surface area contributed by atoms with Crippen LogP contribution in [0, 0.1) is 13.8 Å². The first-order valence-electron chi connectivity index (χ1n) is 6.34. The summed E-state index contributed by atoms with van der Waals surface area (Å²) in [6.45, 7) is 3.95. The minimum Gasteiger partial charge on any atom is -0.262 e. The van der Waals surface area contributed by atoms with E-state index in [1.807, 2.05) is 38.1 Å². The molecule has 0 bridgehead atoms. The molecule has 0 spiro atoms. The summed E-state index contributed by atoms with van der Waals surface area (Å²) in [5.41, 5.74) is 4.29. The summed E-state index contributed by atoms with van der Waals surface area (Å²) in [5.74, 6) is -1.74. The molecule has 2 N–H and O–H groups in total. The van der Waals surface area contributed by atoms with Gasteiger partial charge in [0.1, 0.15) is 0 Å². The van der Waals surface area contributed by atoms with Crippen LogP contribution in [0.1, 0.15) is 19.5 Å². The van der Waals surface area contributed by atoms with E-state index in [9.17, 15) is 9.59 Å². The van der Waals surface area contributed by atoms with Gasteiger partial charge in [-0.15, -0.1) is 22.7 Å². The lowest BCUT2D eigenvalue weighted by molar-refractivity contribution is -0.139. The second kappa shape index (κ2) is 7.62. The molecule has 0 radical (unpaired) electrons. The number of nitrogens with zero attached hydrogens (tertiary/aromatic N) is 2. The quantitative estimate of drug-likeness (QED) is 0.509. The van der Waals surface area contributed by atoms with Gasteiger partial charge in [-0.25, -0.2) is 10.9 Å². The molecule has 0 unspecified atom stereocenters. The average Bonchev–Trinajstić information content (AvgIpc) is 3.07. The molecule has 2 amide bonds. The van der Waals surface area contributed by atoms with Gasteiger partial charge < -0.3 is 0 Å². The minimum absolute atomic E-state index is 0.871. The van der Waals surface area contributed by atoms with Crippen LogP contribution in [0.4, 0.5) is 0 Å². The van der Waals surface area contributed by atoms with Gasteiger partial charge in [0.15, 0.2) is 0 Å².